The molecule has 4 nitrogen and oxygen atoms in total. The number of aliphatic carboxylic acids is 1. The fourth-order valence-electron chi connectivity index (χ4n) is 1.05. The Kier molecular flexibility index (Phi) is 3.00. The van der Waals surface area contributed by atoms with E-state index in [0.717, 1.165) is 0 Å². The standard InChI is InChI=1S/C9H11NO3/c10-7(8(11)9(12)13)6-4-2-1-3-5-6/h1-5,7-8,11H,10H2,(H,12,13)/t7-,8+/m1/s1. The third kappa shape index (κ3) is 2.27. The Bertz CT molecular complexity index is 286. The molecular weight excluding hydrogens is 170 g/mol. The fourth-order valence-corrected chi connectivity index (χ4v) is 1.05. The summed E-state index contributed by atoms with van der Waals surface area (Å²) in [6.07, 6.45) is -1.55. The maximum atomic E-state index is 10.3. The van der Waals surface area contributed by atoms with Gasteiger partial charge in [-0.2, -0.15) is 0 Å². The van der Waals surface area contributed by atoms with Gasteiger partial charge in [-0.15, -0.1) is 0 Å². The molecule has 4 heteroatoms. The Morgan fingerprint density at radius 1 is 1.38 bits per heavy atom. The number of quaternary nitrogens is 1. The molecule has 1 rings (SSSR count). The third-order valence-electron chi connectivity index (χ3n) is 1.85. The average molecular weight is 181 g/mol. The van der Waals surface area contributed by atoms with E-state index in [1.165, 1.54) is 0 Å². The Hall–Kier alpha value is -1.39. The lowest BCUT2D eigenvalue weighted by molar-refractivity contribution is -0.448. The van der Waals surface area contributed by atoms with Crippen molar-refractivity contribution in [3.63, 3.8) is 0 Å². The number of rotatable bonds is 3. The van der Waals surface area contributed by atoms with E-state index in [4.69, 9.17) is 5.11 Å². The number of carbonyl (C=O) groups excluding carboxylic acids is 1. The predicted molar refractivity (Wildman–Crippen MR) is 43.1 cm³/mol. The summed E-state index contributed by atoms with van der Waals surface area (Å²) in [6, 6.07) is 8.06. The normalized spacial score (nSPS) is 14.9. The zero-order valence-corrected chi connectivity index (χ0v) is 7.01. The lowest BCUT2D eigenvalue weighted by Gasteiger charge is -2.16. The second-order valence-corrected chi connectivity index (χ2v) is 2.78. The van der Waals surface area contributed by atoms with E-state index in [1.807, 2.05) is 6.07 Å². The molecule has 0 unspecified atom stereocenters. The molecule has 4 N–H and O–H groups in total. The summed E-state index contributed by atoms with van der Waals surface area (Å²) < 4.78 is 0. The van der Waals surface area contributed by atoms with Gasteiger partial charge in [-0.1, -0.05) is 30.3 Å². The molecule has 2 atom stereocenters. The fraction of sp³-hybridized carbons (Fsp3) is 0.222. The number of aliphatic hydroxyl groups excluding tert-OH is 1. The first-order valence-corrected chi connectivity index (χ1v) is 3.90. The van der Waals surface area contributed by atoms with Crippen molar-refractivity contribution in [1.82, 2.24) is 0 Å². The van der Waals surface area contributed by atoms with Crippen LogP contribution < -0.4 is 10.8 Å². The molecular formula is C9H11NO3. The minimum absolute atomic E-state index is 0.680. The van der Waals surface area contributed by atoms with E-state index in [2.05, 4.69) is 5.73 Å². The van der Waals surface area contributed by atoms with Gasteiger partial charge in [0.1, 0.15) is 12.1 Å². The summed E-state index contributed by atoms with van der Waals surface area (Å²) in [4.78, 5) is 10.3. The number of hydrogen-bond acceptors (Lipinski definition) is 3. The predicted octanol–water partition coefficient (Wildman–Crippen LogP) is -1.92. The van der Waals surface area contributed by atoms with Crippen molar-refractivity contribution in [2.45, 2.75) is 12.1 Å². The highest BCUT2D eigenvalue weighted by molar-refractivity contribution is 5.70. The first-order valence-electron chi connectivity index (χ1n) is 3.90. The van der Waals surface area contributed by atoms with Crippen LogP contribution in [0.15, 0.2) is 30.3 Å². The van der Waals surface area contributed by atoms with Crippen molar-refractivity contribution in [3.8, 4) is 0 Å². The van der Waals surface area contributed by atoms with Crippen molar-refractivity contribution in [1.29, 1.82) is 0 Å². The van der Waals surface area contributed by atoms with Crippen molar-refractivity contribution < 1.29 is 20.7 Å². The second-order valence-electron chi connectivity index (χ2n) is 2.78. The van der Waals surface area contributed by atoms with Gasteiger partial charge in [-0.25, -0.2) is 0 Å². The number of carboxylic acids is 1. The van der Waals surface area contributed by atoms with Gasteiger partial charge in [-0.3, -0.25) is 0 Å². The molecule has 70 valence electrons. The molecule has 0 saturated carbocycles. The summed E-state index contributed by atoms with van der Waals surface area (Å²) in [5, 5.41) is 19.4. The second kappa shape index (κ2) is 4.02. The van der Waals surface area contributed by atoms with E-state index in [1.54, 1.807) is 24.3 Å². The Morgan fingerprint density at radius 3 is 2.38 bits per heavy atom. The molecule has 1 aromatic rings. The minimum atomic E-state index is -1.55. The summed E-state index contributed by atoms with van der Waals surface area (Å²) in [7, 11) is 0. The maximum absolute atomic E-state index is 10.3. The smallest absolute Gasteiger partial charge is 0.149 e. The monoisotopic (exact) mass is 181 g/mol. The number of aliphatic hydroxyl groups is 1. The highest BCUT2D eigenvalue weighted by Crippen LogP contribution is 2.10. The van der Waals surface area contributed by atoms with Gasteiger partial charge in [0.15, 0.2) is 0 Å². The third-order valence-corrected chi connectivity index (χ3v) is 1.85. The highest BCUT2D eigenvalue weighted by Gasteiger charge is 2.20. The van der Waals surface area contributed by atoms with E-state index >= 15 is 0 Å². The summed E-state index contributed by atoms with van der Waals surface area (Å²) in [5.74, 6) is -1.50. The minimum Gasteiger partial charge on any atom is -0.547 e. The van der Waals surface area contributed by atoms with Gasteiger partial charge in [0.2, 0.25) is 0 Å². The van der Waals surface area contributed by atoms with Crippen LogP contribution in [0.3, 0.4) is 0 Å². The molecule has 0 aromatic heterocycles. The molecule has 0 saturated heterocycles. The van der Waals surface area contributed by atoms with E-state index in [-0.39, 0.29) is 0 Å². The van der Waals surface area contributed by atoms with Crippen molar-refractivity contribution in [3.05, 3.63) is 35.9 Å². The van der Waals surface area contributed by atoms with Crippen LogP contribution in [0, 0.1) is 0 Å². The van der Waals surface area contributed by atoms with Gasteiger partial charge < -0.3 is 20.7 Å². The number of benzene rings is 1. The number of hydrogen-bond donors (Lipinski definition) is 2. The van der Waals surface area contributed by atoms with Crippen LogP contribution in [0.5, 0.6) is 0 Å². The molecule has 1 aromatic carbocycles. The molecule has 0 aliphatic rings. The van der Waals surface area contributed by atoms with Crippen molar-refractivity contribution >= 4 is 5.97 Å². The van der Waals surface area contributed by atoms with Crippen molar-refractivity contribution in [2.75, 3.05) is 0 Å². The van der Waals surface area contributed by atoms with Crippen LogP contribution in [-0.4, -0.2) is 17.2 Å². The lowest BCUT2D eigenvalue weighted by atomic mass is 10.0. The number of carboxylic acid groups (broad SMARTS) is 1. The molecule has 13 heavy (non-hydrogen) atoms. The molecule has 0 bridgehead atoms. The molecule has 0 heterocycles. The van der Waals surface area contributed by atoms with E-state index in [0.29, 0.717) is 5.56 Å². The molecule has 0 amide bonds. The van der Waals surface area contributed by atoms with Crippen LogP contribution in [0.2, 0.25) is 0 Å². The van der Waals surface area contributed by atoms with Gasteiger partial charge in [0.25, 0.3) is 0 Å². The van der Waals surface area contributed by atoms with E-state index in [9.17, 15) is 9.90 Å². The molecule has 0 fully saturated rings. The zero-order chi connectivity index (χ0) is 9.84. The Morgan fingerprint density at radius 2 is 1.92 bits per heavy atom. The highest BCUT2D eigenvalue weighted by atomic mass is 16.4. The maximum Gasteiger partial charge on any atom is 0.149 e. The average Bonchev–Trinajstić information content (AvgIpc) is 2.17. The SMILES string of the molecule is [NH3+][C@H](c1ccccc1)[C@H](O)C(=O)[O-]. The summed E-state index contributed by atoms with van der Waals surface area (Å²) in [6.45, 7) is 0. The zero-order valence-electron chi connectivity index (χ0n) is 7.01. The largest absolute Gasteiger partial charge is 0.547 e. The van der Waals surface area contributed by atoms with Gasteiger partial charge in [0, 0.05) is 5.56 Å². The summed E-state index contributed by atoms with van der Waals surface area (Å²) >= 11 is 0. The lowest BCUT2D eigenvalue weighted by Crippen LogP contribution is -2.62. The van der Waals surface area contributed by atoms with Crippen LogP contribution in [0.4, 0.5) is 0 Å². The van der Waals surface area contributed by atoms with Gasteiger partial charge >= 0.3 is 0 Å². The Labute approximate surface area is 75.6 Å². The topological polar surface area (TPSA) is 88.0 Å². The first-order chi connectivity index (χ1) is 6.13. The Balaban J connectivity index is 2.79. The van der Waals surface area contributed by atoms with E-state index < -0.39 is 18.1 Å². The van der Waals surface area contributed by atoms with Crippen molar-refractivity contribution in [2.24, 2.45) is 0 Å². The van der Waals surface area contributed by atoms with Crippen LogP contribution in [0.25, 0.3) is 0 Å². The molecule has 0 radical (unpaired) electrons. The van der Waals surface area contributed by atoms with Crippen LogP contribution in [-0.2, 0) is 4.79 Å². The summed E-state index contributed by atoms with van der Waals surface area (Å²) in [5.41, 5.74) is 4.24. The molecule has 0 aliphatic carbocycles. The van der Waals surface area contributed by atoms with Crippen LogP contribution >= 0.6 is 0 Å². The number of carbonyl (C=O) groups is 1. The quantitative estimate of drug-likeness (QED) is 0.569. The van der Waals surface area contributed by atoms with Crippen LogP contribution in [0.1, 0.15) is 11.6 Å². The molecule has 0 aliphatic heterocycles. The van der Waals surface area contributed by atoms with Gasteiger partial charge in [0.05, 0.1) is 5.97 Å². The first kappa shape index (κ1) is 9.70. The van der Waals surface area contributed by atoms with Gasteiger partial charge in [-0.05, 0) is 0 Å². The molecule has 0 spiro atoms.